The molecule has 1 aliphatic carbocycles. The van der Waals surface area contributed by atoms with Crippen LogP contribution >= 0.6 is 0 Å². The summed E-state index contributed by atoms with van der Waals surface area (Å²) in [4.78, 5) is 57.1. The number of rotatable bonds is 23. The minimum atomic E-state index is -2.62. The maximum absolute atomic E-state index is 13.8. The number of piperidine rings is 1. The van der Waals surface area contributed by atoms with Crippen molar-refractivity contribution in [2.75, 3.05) is 26.2 Å². The molecule has 83 heavy (non-hydrogen) atoms. The molecule has 0 spiro atoms. The number of alkyl halides is 2. The van der Waals surface area contributed by atoms with Gasteiger partial charge < -0.3 is 40.6 Å². The molecule has 8 atom stereocenters. The zero-order valence-electron chi connectivity index (χ0n) is 49.7. The number of ether oxygens (including phenoxy) is 1. The van der Waals surface area contributed by atoms with Crippen LogP contribution in [-0.4, -0.2) is 122 Å². The second-order valence-electron chi connectivity index (χ2n) is 24.3. The van der Waals surface area contributed by atoms with Gasteiger partial charge in [0.1, 0.15) is 23.4 Å². The molecule has 0 radical (unpaired) electrons. The number of carbonyl (C=O) groups is 4. The van der Waals surface area contributed by atoms with Crippen molar-refractivity contribution in [1.82, 2.24) is 45.8 Å². The van der Waals surface area contributed by atoms with Gasteiger partial charge in [-0.15, -0.1) is 10.2 Å². The summed E-state index contributed by atoms with van der Waals surface area (Å²) in [6.07, 6.45) is 6.42. The first kappa shape index (κ1) is 62.3. The van der Waals surface area contributed by atoms with Crippen molar-refractivity contribution in [1.29, 1.82) is 0 Å². The SMILES string of the molecule is Cc1cccc(C)c1OCC(=O)N[C@@H](Cc1ccccc1)[C@@H](O)C[C@H](Cc1ccccc1)NC(=O)[C@H](C(C)C)N1CCCNC1=O.Cc1nnc(C(C)C)n1C1C[C@H]2CC[C@@H](C1)N2CC[C@H](NC(=O)C1CCC(F)(F)CC1)c1ccccc1. The monoisotopic (exact) mass is 1140 g/mol. The summed E-state index contributed by atoms with van der Waals surface area (Å²) in [6.45, 7) is 16.0. The Balaban J connectivity index is 0.000000222. The fraction of sp³-hybridized carbons (Fsp3) is 0.545. The summed E-state index contributed by atoms with van der Waals surface area (Å²) in [5, 5.41) is 32.8. The van der Waals surface area contributed by atoms with Crippen LogP contribution in [0.3, 0.4) is 0 Å². The highest BCUT2D eigenvalue weighted by molar-refractivity contribution is 5.88. The first-order chi connectivity index (χ1) is 39.8. The number of amides is 5. The van der Waals surface area contributed by atoms with Gasteiger partial charge in [-0.2, -0.15) is 0 Å². The van der Waals surface area contributed by atoms with Crippen LogP contribution < -0.4 is 26.0 Å². The zero-order valence-corrected chi connectivity index (χ0v) is 49.7. The second kappa shape index (κ2) is 29.2. The molecule has 448 valence electrons. The van der Waals surface area contributed by atoms with Crippen LogP contribution in [0.5, 0.6) is 5.75 Å². The number of carbonyl (C=O) groups excluding carboxylic acids is 4. The van der Waals surface area contributed by atoms with Crippen LogP contribution in [0.15, 0.2) is 109 Å². The molecule has 5 amide bonds. The third-order valence-corrected chi connectivity index (χ3v) is 17.3. The van der Waals surface area contributed by atoms with E-state index in [9.17, 15) is 33.1 Å². The van der Waals surface area contributed by atoms with Crippen LogP contribution in [0.1, 0.15) is 156 Å². The first-order valence-electron chi connectivity index (χ1n) is 30.3. The number of fused-ring (bicyclic) bond motifs is 2. The van der Waals surface area contributed by atoms with Gasteiger partial charge in [0.05, 0.1) is 18.2 Å². The normalized spacial score (nSPS) is 20.7. The van der Waals surface area contributed by atoms with Gasteiger partial charge >= 0.3 is 6.03 Å². The molecule has 15 nitrogen and oxygen atoms in total. The molecule has 5 aromatic rings. The molecule has 9 rings (SSSR count). The van der Waals surface area contributed by atoms with Crippen molar-refractivity contribution in [3.63, 3.8) is 0 Å². The molecule has 17 heteroatoms. The van der Waals surface area contributed by atoms with E-state index in [0.29, 0.717) is 55.7 Å². The van der Waals surface area contributed by atoms with Gasteiger partial charge in [0, 0.05) is 68.5 Å². The maximum Gasteiger partial charge on any atom is 0.318 e. The highest BCUT2D eigenvalue weighted by atomic mass is 19.3. The van der Waals surface area contributed by atoms with Gasteiger partial charge in [-0.05, 0) is 125 Å². The number of aliphatic hydroxyl groups excluding tert-OH is 1. The van der Waals surface area contributed by atoms with E-state index in [4.69, 9.17) is 4.74 Å². The number of benzene rings is 4. The van der Waals surface area contributed by atoms with Crippen molar-refractivity contribution in [2.45, 2.75) is 192 Å². The zero-order chi connectivity index (χ0) is 59.2. The molecule has 4 heterocycles. The van der Waals surface area contributed by atoms with E-state index in [2.05, 4.69) is 73.8 Å². The number of urea groups is 1. The predicted octanol–water partition coefficient (Wildman–Crippen LogP) is 10.3. The molecule has 1 aromatic heterocycles. The Hall–Kier alpha value is -6.72. The number of aromatic nitrogens is 3. The summed E-state index contributed by atoms with van der Waals surface area (Å²) >= 11 is 0. The Labute approximate surface area is 490 Å². The lowest BCUT2D eigenvalue weighted by Crippen LogP contribution is -2.59. The Kier molecular flexibility index (Phi) is 21.9. The van der Waals surface area contributed by atoms with E-state index < -0.39 is 30.2 Å². The molecular formula is C66H89F2N9O6. The van der Waals surface area contributed by atoms with Gasteiger partial charge in [0.2, 0.25) is 17.7 Å². The van der Waals surface area contributed by atoms with E-state index in [-0.39, 0.29) is 80.3 Å². The van der Waals surface area contributed by atoms with Crippen molar-refractivity contribution in [2.24, 2.45) is 11.8 Å². The lowest BCUT2D eigenvalue weighted by molar-refractivity contribution is -0.130. The Morgan fingerprint density at radius 2 is 1.36 bits per heavy atom. The number of hydrogen-bond donors (Lipinski definition) is 5. The van der Waals surface area contributed by atoms with Crippen LogP contribution in [0.2, 0.25) is 0 Å². The fourth-order valence-corrected chi connectivity index (χ4v) is 13.0. The molecule has 1 unspecified atom stereocenters. The van der Waals surface area contributed by atoms with Gasteiger partial charge in [0.15, 0.2) is 6.61 Å². The van der Waals surface area contributed by atoms with Crippen molar-refractivity contribution >= 4 is 23.8 Å². The lowest BCUT2D eigenvalue weighted by Gasteiger charge is -2.40. The number of para-hydroxylation sites is 1. The van der Waals surface area contributed by atoms with Crippen molar-refractivity contribution < 1.29 is 37.8 Å². The minimum absolute atomic E-state index is 0.0738. The summed E-state index contributed by atoms with van der Waals surface area (Å²) in [7, 11) is 0. The largest absolute Gasteiger partial charge is 0.483 e. The Morgan fingerprint density at radius 3 is 1.95 bits per heavy atom. The molecule has 3 saturated heterocycles. The molecule has 5 N–H and O–H groups in total. The van der Waals surface area contributed by atoms with Crippen LogP contribution in [0, 0.1) is 32.6 Å². The number of nitrogens with zero attached hydrogens (tertiary/aromatic N) is 5. The Morgan fingerprint density at radius 1 is 0.759 bits per heavy atom. The summed E-state index contributed by atoms with van der Waals surface area (Å²) in [5.74, 6) is -0.622. The number of halogens is 2. The highest BCUT2D eigenvalue weighted by Gasteiger charge is 2.43. The predicted molar refractivity (Wildman–Crippen MR) is 319 cm³/mol. The Bertz CT molecular complexity index is 2850. The third kappa shape index (κ3) is 17.0. The number of nitrogens with one attached hydrogen (secondary N) is 4. The van der Waals surface area contributed by atoms with Gasteiger partial charge in [-0.1, -0.05) is 137 Å². The topological polar surface area (TPSA) is 183 Å². The van der Waals surface area contributed by atoms with E-state index >= 15 is 0 Å². The average Bonchev–Trinajstić information content (AvgIpc) is 4.00. The molecule has 2 bridgehead atoms. The lowest BCUT2D eigenvalue weighted by atomic mass is 9.86. The quantitative estimate of drug-likeness (QED) is 0.0425. The van der Waals surface area contributed by atoms with Crippen molar-refractivity contribution in [3.8, 4) is 5.75 Å². The molecule has 1 saturated carbocycles. The first-order valence-corrected chi connectivity index (χ1v) is 30.3. The van der Waals surface area contributed by atoms with Gasteiger partial charge in [0.25, 0.3) is 5.91 Å². The standard InChI is InChI=1S/C37H48N4O5.C29H41F2N5O/c1-25(2)34(41-20-12-19-38-37(41)45)36(44)39-30(21-28-15-7-5-8-16-28)23-32(42)31(22-29-17-9-6-10-18-29)40-33(43)24-46-35-26(3)13-11-14-27(35)4;1-19(2)27-34-33-20(3)36(27)25-17-23-9-10-24(18-25)35(23)16-13-26(21-7-5-4-6-8-21)32-28(37)22-11-14-29(30,31)15-12-22/h5-11,13-18,25,30-32,34,42H,12,19-24H2,1-4H3,(H,38,45)(H,39,44)(H,40,43);4-8,19,22-26H,9-18H2,1-3H3,(H,32,37)/t30-,31-,32-,34-;23-,24+,25?,26-/m00/s1. The van der Waals surface area contributed by atoms with Crippen molar-refractivity contribution in [3.05, 3.63) is 149 Å². The minimum Gasteiger partial charge on any atom is -0.483 e. The maximum atomic E-state index is 13.8. The smallest absolute Gasteiger partial charge is 0.318 e. The summed E-state index contributed by atoms with van der Waals surface area (Å²) < 4.78 is 35.5. The molecule has 4 aliphatic rings. The van der Waals surface area contributed by atoms with Crippen LogP contribution in [0.25, 0.3) is 0 Å². The fourth-order valence-electron chi connectivity index (χ4n) is 13.0. The van der Waals surface area contributed by atoms with Crippen LogP contribution in [0.4, 0.5) is 13.6 Å². The molecule has 3 aliphatic heterocycles. The van der Waals surface area contributed by atoms with E-state index in [1.807, 2.05) is 125 Å². The van der Waals surface area contributed by atoms with Gasteiger partial charge in [-0.25, -0.2) is 13.6 Å². The molecule has 4 aromatic carbocycles. The molecular weight excluding hydrogens is 1050 g/mol. The van der Waals surface area contributed by atoms with E-state index in [1.165, 1.54) is 12.8 Å². The van der Waals surface area contributed by atoms with E-state index in [1.54, 1.807) is 4.90 Å². The van der Waals surface area contributed by atoms with Crippen LogP contribution in [-0.2, 0) is 27.2 Å². The highest BCUT2D eigenvalue weighted by Crippen LogP contribution is 2.43. The summed E-state index contributed by atoms with van der Waals surface area (Å²) in [6, 6.07) is 34.8. The van der Waals surface area contributed by atoms with E-state index in [0.717, 1.165) is 71.7 Å². The number of aliphatic hydroxyl groups is 1. The number of aryl methyl sites for hydroxylation is 3. The number of hydrogen-bond acceptors (Lipinski definition) is 9. The third-order valence-electron chi connectivity index (χ3n) is 17.3. The molecule has 4 fully saturated rings. The average molecular weight is 1140 g/mol. The summed E-state index contributed by atoms with van der Waals surface area (Å²) in [5.41, 5.74) is 4.93. The van der Waals surface area contributed by atoms with Gasteiger partial charge in [-0.3, -0.25) is 19.3 Å². The second-order valence-corrected chi connectivity index (χ2v) is 24.3.